The quantitative estimate of drug-likeness (QED) is 0.431. The van der Waals surface area contributed by atoms with E-state index in [-0.39, 0.29) is 0 Å². The molecule has 0 radical (unpaired) electrons. The molecule has 0 N–H and O–H groups in total. The van der Waals surface area contributed by atoms with Gasteiger partial charge in [-0.3, -0.25) is 0 Å². The van der Waals surface area contributed by atoms with E-state index >= 15 is 0 Å². The number of hydrogen-bond acceptors (Lipinski definition) is 0. The molecule has 0 saturated heterocycles. The van der Waals surface area contributed by atoms with Crippen LogP contribution >= 0.6 is 11.6 Å². The minimum Gasteiger partial charge on any atom is -0.126 e. The molecular formula is C16H25Cl. The highest BCUT2D eigenvalue weighted by atomic mass is 35.5. The van der Waals surface area contributed by atoms with Crippen LogP contribution in [0.25, 0.3) is 0 Å². The average molecular weight is 253 g/mol. The maximum atomic E-state index is 6.06. The lowest BCUT2D eigenvalue weighted by molar-refractivity contribution is 0.492. The number of halogens is 1. The first-order valence-electron chi connectivity index (χ1n) is 6.87. The Morgan fingerprint density at radius 1 is 1.06 bits per heavy atom. The van der Waals surface area contributed by atoms with Gasteiger partial charge in [0.25, 0.3) is 0 Å². The molecule has 1 heteroatoms. The molecule has 96 valence electrons. The number of aryl methyl sites for hydroxylation is 1. The molecule has 0 amide bonds. The lowest BCUT2D eigenvalue weighted by atomic mass is 9.95. The highest BCUT2D eigenvalue weighted by molar-refractivity contribution is 6.18. The molecule has 1 atom stereocenters. The standard InChI is InChI=1S/C16H25Cl/c1-3-4-5-6-7-16(13-17)12-15-10-8-14(2)9-11-15/h8-11,16H,3-7,12-13H2,1-2H3. The lowest BCUT2D eigenvalue weighted by Gasteiger charge is -2.13. The molecule has 0 aliphatic carbocycles. The van der Waals surface area contributed by atoms with Gasteiger partial charge in [0.2, 0.25) is 0 Å². The molecule has 0 nitrogen and oxygen atoms in total. The maximum absolute atomic E-state index is 6.06. The van der Waals surface area contributed by atoms with Crippen molar-refractivity contribution in [3.8, 4) is 0 Å². The van der Waals surface area contributed by atoms with E-state index in [2.05, 4.69) is 38.1 Å². The molecule has 0 heterocycles. The molecule has 0 saturated carbocycles. The van der Waals surface area contributed by atoms with Gasteiger partial charge in [-0.15, -0.1) is 11.6 Å². The Hall–Kier alpha value is -0.490. The summed E-state index contributed by atoms with van der Waals surface area (Å²) < 4.78 is 0. The number of alkyl halides is 1. The molecule has 1 aromatic rings. The van der Waals surface area contributed by atoms with Crippen molar-refractivity contribution >= 4 is 11.6 Å². The molecule has 0 bridgehead atoms. The van der Waals surface area contributed by atoms with E-state index in [0.717, 1.165) is 12.3 Å². The molecule has 0 spiro atoms. The Balaban J connectivity index is 2.33. The number of unbranched alkanes of at least 4 members (excludes halogenated alkanes) is 3. The summed E-state index contributed by atoms with van der Waals surface area (Å²) in [5.41, 5.74) is 2.76. The van der Waals surface area contributed by atoms with Gasteiger partial charge in [-0.2, -0.15) is 0 Å². The van der Waals surface area contributed by atoms with Crippen LogP contribution in [0, 0.1) is 12.8 Å². The summed E-state index contributed by atoms with van der Waals surface area (Å²) in [7, 11) is 0. The molecule has 0 fully saturated rings. The van der Waals surface area contributed by atoms with Gasteiger partial charge in [-0.05, 0) is 31.2 Å². The van der Waals surface area contributed by atoms with Crippen LogP contribution in [0.5, 0.6) is 0 Å². The summed E-state index contributed by atoms with van der Waals surface area (Å²) in [4.78, 5) is 0. The van der Waals surface area contributed by atoms with E-state index in [1.807, 2.05) is 0 Å². The molecular weight excluding hydrogens is 228 g/mol. The van der Waals surface area contributed by atoms with Crippen LogP contribution in [0.2, 0.25) is 0 Å². The van der Waals surface area contributed by atoms with Crippen molar-refractivity contribution in [2.75, 3.05) is 5.88 Å². The fourth-order valence-electron chi connectivity index (χ4n) is 2.15. The van der Waals surface area contributed by atoms with Gasteiger partial charge in [0.1, 0.15) is 0 Å². The number of rotatable bonds is 8. The summed E-state index contributed by atoms with van der Waals surface area (Å²) in [5, 5.41) is 0. The largest absolute Gasteiger partial charge is 0.126 e. The molecule has 1 aromatic carbocycles. The summed E-state index contributed by atoms with van der Waals surface area (Å²) in [6.07, 6.45) is 7.77. The Morgan fingerprint density at radius 3 is 2.35 bits per heavy atom. The highest BCUT2D eigenvalue weighted by Crippen LogP contribution is 2.18. The third kappa shape index (κ3) is 6.12. The zero-order valence-corrected chi connectivity index (χ0v) is 12.0. The SMILES string of the molecule is CCCCCCC(CCl)Cc1ccc(C)cc1. The lowest BCUT2D eigenvalue weighted by Crippen LogP contribution is -2.06. The van der Waals surface area contributed by atoms with Gasteiger partial charge in [-0.25, -0.2) is 0 Å². The van der Waals surface area contributed by atoms with E-state index in [4.69, 9.17) is 11.6 Å². The number of benzene rings is 1. The van der Waals surface area contributed by atoms with E-state index in [9.17, 15) is 0 Å². The van der Waals surface area contributed by atoms with Crippen molar-refractivity contribution in [2.24, 2.45) is 5.92 Å². The molecule has 0 aliphatic heterocycles. The third-order valence-electron chi connectivity index (χ3n) is 3.33. The van der Waals surface area contributed by atoms with Gasteiger partial charge in [0.05, 0.1) is 0 Å². The zero-order chi connectivity index (χ0) is 12.5. The van der Waals surface area contributed by atoms with Crippen molar-refractivity contribution in [3.63, 3.8) is 0 Å². The first kappa shape index (κ1) is 14.6. The van der Waals surface area contributed by atoms with E-state index in [0.29, 0.717) is 5.92 Å². The van der Waals surface area contributed by atoms with Gasteiger partial charge in [-0.1, -0.05) is 62.4 Å². The van der Waals surface area contributed by atoms with Crippen LogP contribution in [-0.4, -0.2) is 5.88 Å². The summed E-state index contributed by atoms with van der Waals surface area (Å²) >= 11 is 6.06. The second kappa shape index (κ2) is 8.58. The van der Waals surface area contributed by atoms with Crippen LogP contribution in [0.1, 0.15) is 50.2 Å². The van der Waals surface area contributed by atoms with Crippen molar-refractivity contribution in [3.05, 3.63) is 35.4 Å². The predicted molar refractivity (Wildman–Crippen MR) is 77.9 cm³/mol. The van der Waals surface area contributed by atoms with Crippen LogP contribution < -0.4 is 0 Å². The maximum Gasteiger partial charge on any atom is 0.0254 e. The van der Waals surface area contributed by atoms with Crippen molar-refractivity contribution in [2.45, 2.75) is 52.4 Å². The van der Waals surface area contributed by atoms with Crippen molar-refractivity contribution < 1.29 is 0 Å². The van der Waals surface area contributed by atoms with Crippen molar-refractivity contribution in [1.29, 1.82) is 0 Å². The summed E-state index contributed by atoms with van der Waals surface area (Å²) in [5.74, 6) is 1.44. The minimum absolute atomic E-state index is 0.649. The van der Waals surface area contributed by atoms with E-state index in [1.54, 1.807) is 0 Å². The van der Waals surface area contributed by atoms with Gasteiger partial charge in [0.15, 0.2) is 0 Å². The molecule has 1 rings (SSSR count). The third-order valence-corrected chi connectivity index (χ3v) is 3.77. The molecule has 0 aromatic heterocycles. The van der Waals surface area contributed by atoms with E-state index < -0.39 is 0 Å². The Bertz CT molecular complexity index is 289. The Labute approximate surface area is 111 Å². The van der Waals surface area contributed by atoms with Gasteiger partial charge in [0, 0.05) is 5.88 Å². The second-order valence-electron chi connectivity index (χ2n) is 5.06. The normalized spacial score (nSPS) is 12.6. The van der Waals surface area contributed by atoms with Gasteiger partial charge < -0.3 is 0 Å². The first-order chi connectivity index (χ1) is 8.26. The number of hydrogen-bond donors (Lipinski definition) is 0. The van der Waals surface area contributed by atoms with Crippen LogP contribution in [0.4, 0.5) is 0 Å². The minimum atomic E-state index is 0.649. The van der Waals surface area contributed by atoms with Crippen LogP contribution in [0.15, 0.2) is 24.3 Å². The highest BCUT2D eigenvalue weighted by Gasteiger charge is 2.08. The second-order valence-corrected chi connectivity index (χ2v) is 5.37. The topological polar surface area (TPSA) is 0 Å². The zero-order valence-electron chi connectivity index (χ0n) is 11.2. The Morgan fingerprint density at radius 2 is 1.76 bits per heavy atom. The predicted octanol–water partition coefficient (Wildman–Crippen LogP) is 5.36. The van der Waals surface area contributed by atoms with Crippen molar-refractivity contribution in [1.82, 2.24) is 0 Å². The van der Waals surface area contributed by atoms with Crippen LogP contribution in [-0.2, 0) is 6.42 Å². The van der Waals surface area contributed by atoms with Gasteiger partial charge >= 0.3 is 0 Å². The van der Waals surface area contributed by atoms with Crippen LogP contribution in [0.3, 0.4) is 0 Å². The molecule has 1 unspecified atom stereocenters. The summed E-state index contributed by atoms with van der Waals surface area (Å²) in [6.45, 7) is 4.39. The fourth-order valence-corrected chi connectivity index (χ4v) is 2.41. The average Bonchev–Trinajstić information content (AvgIpc) is 2.35. The van der Waals surface area contributed by atoms with E-state index in [1.165, 1.54) is 43.2 Å². The fraction of sp³-hybridized carbons (Fsp3) is 0.625. The Kier molecular flexibility index (Phi) is 7.35. The monoisotopic (exact) mass is 252 g/mol. The molecule has 0 aliphatic rings. The molecule has 17 heavy (non-hydrogen) atoms. The smallest absolute Gasteiger partial charge is 0.0254 e. The summed E-state index contributed by atoms with van der Waals surface area (Å²) in [6, 6.07) is 8.86. The first-order valence-corrected chi connectivity index (χ1v) is 7.41.